The van der Waals surface area contributed by atoms with Crippen molar-refractivity contribution in [2.45, 2.75) is 19.8 Å². The van der Waals surface area contributed by atoms with Crippen LogP contribution in [0.4, 0.5) is 8.78 Å². The molecule has 2 N–H and O–H groups in total. The second kappa shape index (κ2) is 4.61. The quantitative estimate of drug-likeness (QED) is 0.843. The summed E-state index contributed by atoms with van der Waals surface area (Å²) in [5.74, 6) is -1.33. The van der Waals surface area contributed by atoms with E-state index in [0.29, 0.717) is 18.0 Å². The van der Waals surface area contributed by atoms with Crippen molar-refractivity contribution >= 4 is 11.5 Å². The first-order valence-corrected chi connectivity index (χ1v) is 5.47. The molecule has 1 atom stereocenters. The summed E-state index contributed by atoms with van der Waals surface area (Å²) in [6.07, 6.45) is 1.29. The summed E-state index contributed by atoms with van der Waals surface area (Å²) in [7, 11) is 0. The van der Waals surface area contributed by atoms with Gasteiger partial charge in [0.05, 0.1) is 5.71 Å². The molecule has 1 aliphatic rings. The molecule has 0 saturated carbocycles. The first-order chi connectivity index (χ1) is 8.13. The largest absolute Gasteiger partial charge is 0.386 e. The Morgan fingerprint density at radius 3 is 2.82 bits per heavy atom. The SMILES string of the molecule is CCC1CC(N)=NN=C1c1cccc(F)c1F. The van der Waals surface area contributed by atoms with E-state index in [9.17, 15) is 8.78 Å². The summed E-state index contributed by atoms with van der Waals surface area (Å²) in [6, 6.07) is 4.06. The Morgan fingerprint density at radius 2 is 2.12 bits per heavy atom. The van der Waals surface area contributed by atoms with Crippen molar-refractivity contribution in [1.29, 1.82) is 0 Å². The first-order valence-electron chi connectivity index (χ1n) is 5.47. The second-order valence-electron chi connectivity index (χ2n) is 3.99. The normalized spacial score (nSPS) is 19.8. The molecule has 1 unspecified atom stereocenters. The lowest BCUT2D eigenvalue weighted by Crippen LogP contribution is -2.27. The van der Waals surface area contributed by atoms with Gasteiger partial charge in [-0.1, -0.05) is 13.0 Å². The van der Waals surface area contributed by atoms with Gasteiger partial charge in [-0.05, 0) is 18.6 Å². The lowest BCUT2D eigenvalue weighted by molar-refractivity contribution is 0.505. The van der Waals surface area contributed by atoms with Crippen LogP contribution in [0, 0.1) is 17.6 Å². The number of rotatable bonds is 2. The molecule has 0 fully saturated rings. The fourth-order valence-electron chi connectivity index (χ4n) is 1.90. The van der Waals surface area contributed by atoms with E-state index < -0.39 is 11.6 Å². The van der Waals surface area contributed by atoms with Gasteiger partial charge in [0, 0.05) is 17.9 Å². The smallest absolute Gasteiger partial charge is 0.167 e. The van der Waals surface area contributed by atoms with Gasteiger partial charge in [0.1, 0.15) is 5.84 Å². The molecule has 0 bridgehead atoms. The lowest BCUT2D eigenvalue weighted by atomic mass is 9.90. The van der Waals surface area contributed by atoms with Crippen molar-refractivity contribution in [3.8, 4) is 0 Å². The Hall–Kier alpha value is -1.78. The van der Waals surface area contributed by atoms with Crippen LogP contribution in [0.25, 0.3) is 0 Å². The first kappa shape index (κ1) is 11.7. The molecule has 1 aromatic carbocycles. The van der Waals surface area contributed by atoms with E-state index in [2.05, 4.69) is 10.2 Å². The van der Waals surface area contributed by atoms with E-state index in [1.165, 1.54) is 12.1 Å². The molecule has 0 aliphatic carbocycles. The van der Waals surface area contributed by atoms with Crippen LogP contribution < -0.4 is 5.73 Å². The molecule has 90 valence electrons. The summed E-state index contributed by atoms with van der Waals surface area (Å²) < 4.78 is 26.8. The van der Waals surface area contributed by atoms with E-state index in [0.717, 1.165) is 12.5 Å². The van der Waals surface area contributed by atoms with Crippen molar-refractivity contribution in [1.82, 2.24) is 0 Å². The van der Waals surface area contributed by atoms with Crippen LogP contribution in [0.2, 0.25) is 0 Å². The van der Waals surface area contributed by atoms with Gasteiger partial charge in [-0.2, -0.15) is 5.10 Å². The minimum Gasteiger partial charge on any atom is -0.386 e. The molecule has 1 heterocycles. The Labute approximate surface area is 98.0 Å². The molecule has 0 aromatic heterocycles. The zero-order valence-electron chi connectivity index (χ0n) is 9.45. The van der Waals surface area contributed by atoms with Gasteiger partial charge >= 0.3 is 0 Å². The number of hydrogen-bond acceptors (Lipinski definition) is 3. The molecule has 0 amide bonds. The average Bonchev–Trinajstić information content (AvgIpc) is 2.33. The molecule has 5 heteroatoms. The van der Waals surface area contributed by atoms with Crippen LogP contribution in [0.1, 0.15) is 25.3 Å². The highest BCUT2D eigenvalue weighted by Gasteiger charge is 2.24. The summed E-state index contributed by atoms with van der Waals surface area (Å²) in [6.45, 7) is 1.95. The minimum absolute atomic E-state index is 0.0104. The third kappa shape index (κ3) is 2.18. The molecule has 2 rings (SSSR count). The molecular formula is C12H13F2N3. The van der Waals surface area contributed by atoms with Crippen molar-refractivity contribution in [2.24, 2.45) is 21.9 Å². The predicted octanol–water partition coefficient (Wildman–Crippen LogP) is 2.46. The van der Waals surface area contributed by atoms with Gasteiger partial charge in [0.15, 0.2) is 11.6 Å². The van der Waals surface area contributed by atoms with Crippen LogP contribution in [0.5, 0.6) is 0 Å². The number of benzene rings is 1. The van der Waals surface area contributed by atoms with Crippen LogP contribution >= 0.6 is 0 Å². The average molecular weight is 237 g/mol. The van der Waals surface area contributed by atoms with E-state index in [1.807, 2.05) is 6.92 Å². The zero-order chi connectivity index (χ0) is 12.4. The highest BCUT2D eigenvalue weighted by Crippen LogP contribution is 2.23. The van der Waals surface area contributed by atoms with Crippen molar-refractivity contribution in [3.63, 3.8) is 0 Å². The van der Waals surface area contributed by atoms with Gasteiger partial charge in [-0.25, -0.2) is 8.78 Å². The molecule has 0 spiro atoms. The molecule has 17 heavy (non-hydrogen) atoms. The predicted molar refractivity (Wildman–Crippen MR) is 62.9 cm³/mol. The van der Waals surface area contributed by atoms with Gasteiger partial charge in [0.2, 0.25) is 0 Å². The van der Waals surface area contributed by atoms with Crippen LogP contribution in [-0.2, 0) is 0 Å². The molecule has 1 aromatic rings. The van der Waals surface area contributed by atoms with Crippen molar-refractivity contribution < 1.29 is 8.78 Å². The number of nitrogens with two attached hydrogens (primary N) is 1. The van der Waals surface area contributed by atoms with Crippen LogP contribution in [0.15, 0.2) is 28.4 Å². The van der Waals surface area contributed by atoms with Gasteiger partial charge in [0.25, 0.3) is 0 Å². The van der Waals surface area contributed by atoms with Gasteiger partial charge in [-0.15, -0.1) is 5.10 Å². The maximum Gasteiger partial charge on any atom is 0.167 e. The number of amidine groups is 1. The minimum atomic E-state index is -0.875. The van der Waals surface area contributed by atoms with E-state index in [1.54, 1.807) is 0 Å². The topological polar surface area (TPSA) is 50.7 Å². The number of nitrogens with zero attached hydrogens (tertiary/aromatic N) is 2. The Bertz CT molecular complexity index is 495. The Kier molecular flexibility index (Phi) is 3.17. The summed E-state index contributed by atoms with van der Waals surface area (Å²) in [5, 5.41) is 7.66. The highest BCUT2D eigenvalue weighted by molar-refractivity contribution is 6.06. The van der Waals surface area contributed by atoms with E-state index in [4.69, 9.17) is 5.73 Å². The highest BCUT2D eigenvalue weighted by atomic mass is 19.2. The number of halogens is 2. The molecule has 3 nitrogen and oxygen atoms in total. The fourth-order valence-corrected chi connectivity index (χ4v) is 1.90. The van der Waals surface area contributed by atoms with Gasteiger partial charge in [-0.3, -0.25) is 0 Å². The summed E-state index contributed by atoms with van der Waals surface area (Å²) in [4.78, 5) is 0. The summed E-state index contributed by atoms with van der Waals surface area (Å²) >= 11 is 0. The number of hydrogen-bond donors (Lipinski definition) is 1. The third-order valence-corrected chi connectivity index (χ3v) is 2.85. The molecule has 0 saturated heterocycles. The third-order valence-electron chi connectivity index (χ3n) is 2.85. The maximum absolute atomic E-state index is 13.7. The van der Waals surface area contributed by atoms with E-state index in [-0.39, 0.29) is 11.5 Å². The monoisotopic (exact) mass is 237 g/mol. The van der Waals surface area contributed by atoms with Crippen molar-refractivity contribution in [3.05, 3.63) is 35.4 Å². The zero-order valence-corrected chi connectivity index (χ0v) is 9.45. The van der Waals surface area contributed by atoms with Crippen molar-refractivity contribution in [2.75, 3.05) is 0 Å². The standard InChI is InChI=1S/C12H13F2N3/c1-2-7-6-10(15)16-17-12(7)8-4-3-5-9(13)11(8)14/h3-5,7H,2,6H2,1H3,(H2,15,16). The van der Waals surface area contributed by atoms with Crippen LogP contribution in [0.3, 0.4) is 0 Å². The molecule has 1 aliphatic heterocycles. The summed E-state index contributed by atoms with van der Waals surface area (Å²) in [5.41, 5.74) is 6.23. The van der Waals surface area contributed by atoms with Gasteiger partial charge < -0.3 is 5.73 Å². The fraction of sp³-hybridized carbons (Fsp3) is 0.333. The molecule has 0 radical (unpaired) electrons. The lowest BCUT2D eigenvalue weighted by Gasteiger charge is -2.20. The van der Waals surface area contributed by atoms with E-state index >= 15 is 0 Å². The second-order valence-corrected chi connectivity index (χ2v) is 3.99. The maximum atomic E-state index is 13.7. The Balaban J connectivity index is 2.48. The molecular weight excluding hydrogens is 224 g/mol. The Morgan fingerprint density at radius 1 is 1.35 bits per heavy atom. The van der Waals surface area contributed by atoms with Crippen LogP contribution in [-0.4, -0.2) is 11.5 Å².